The molecule has 0 saturated carbocycles. The van der Waals surface area contributed by atoms with E-state index in [1.54, 1.807) is 12.3 Å². The maximum Gasteiger partial charge on any atom is 0.305 e. The number of rotatable bonds is 11. The van der Waals surface area contributed by atoms with E-state index in [0.717, 1.165) is 27.8 Å². The predicted molar refractivity (Wildman–Crippen MR) is 147 cm³/mol. The van der Waals surface area contributed by atoms with Crippen molar-refractivity contribution in [3.8, 4) is 11.1 Å². The van der Waals surface area contributed by atoms with Crippen LogP contribution in [0.25, 0.3) is 11.1 Å². The van der Waals surface area contributed by atoms with E-state index in [9.17, 15) is 19.5 Å². The summed E-state index contributed by atoms with van der Waals surface area (Å²) in [5.74, 6) is -1.38. The van der Waals surface area contributed by atoms with Gasteiger partial charge in [-0.1, -0.05) is 55.8 Å². The van der Waals surface area contributed by atoms with Crippen LogP contribution in [-0.2, 0) is 16.1 Å². The van der Waals surface area contributed by atoms with Crippen molar-refractivity contribution >= 4 is 11.9 Å². The summed E-state index contributed by atoms with van der Waals surface area (Å²) in [4.78, 5) is 40.1. The van der Waals surface area contributed by atoms with Gasteiger partial charge in [0.15, 0.2) is 0 Å². The summed E-state index contributed by atoms with van der Waals surface area (Å²) in [5.41, 5.74) is 5.67. The Morgan fingerprint density at radius 3 is 2.32 bits per heavy atom. The third-order valence-corrected chi connectivity index (χ3v) is 6.45. The summed E-state index contributed by atoms with van der Waals surface area (Å²) in [6.07, 6.45) is 2.61. The molecule has 2 atom stereocenters. The summed E-state index contributed by atoms with van der Waals surface area (Å²) in [6.45, 7) is 6.68. The quantitative estimate of drug-likeness (QED) is 0.390. The molecule has 3 aromatic rings. The molecule has 0 aliphatic heterocycles. The zero-order valence-corrected chi connectivity index (χ0v) is 22.3. The summed E-state index contributed by atoms with van der Waals surface area (Å²) < 4.78 is 1.47. The number of carbonyl (C=O) groups excluding carboxylic acids is 1. The van der Waals surface area contributed by atoms with E-state index in [1.807, 2.05) is 82.2 Å². The second-order valence-corrected chi connectivity index (χ2v) is 9.88. The fourth-order valence-electron chi connectivity index (χ4n) is 4.80. The second kappa shape index (κ2) is 12.5. The van der Waals surface area contributed by atoms with Crippen LogP contribution in [0.15, 0.2) is 65.6 Å². The highest BCUT2D eigenvalue weighted by Crippen LogP contribution is 2.30. The highest BCUT2D eigenvalue weighted by atomic mass is 16.4. The molecular formula is C30H37N3O4. The topological polar surface area (TPSA) is 91.6 Å². The van der Waals surface area contributed by atoms with Crippen LogP contribution in [-0.4, -0.2) is 40.5 Å². The molecule has 1 heterocycles. The van der Waals surface area contributed by atoms with Gasteiger partial charge in [-0.15, -0.1) is 0 Å². The molecule has 3 rings (SSSR count). The van der Waals surface area contributed by atoms with Crippen LogP contribution < -0.4 is 10.9 Å². The predicted octanol–water partition coefficient (Wildman–Crippen LogP) is 4.87. The van der Waals surface area contributed by atoms with Crippen LogP contribution in [0.5, 0.6) is 0 Å². The molecular weight excluding hydrogens is 466 g/mol. The van der Waals surface area contributed by atoms with Gasteiger partial charge in [0.05, 0.1) is 12.5 Å². The highest BCUT2D eigenvalue weighted by Gasteiger charge is 2.26. The number of aliphatic carboxylic acids is 1. The molecule has 7 heteroatoms. The van der Waals surface area contributed by atoms with E-state index in [2.05, 4.69) is 5.32 Å². The number of benzene rings is 2. The number of carboxylic acid groups (broad SMARTS) is 1. The minimum absolute atomic E-state index is 0.261. The van der Waals surface area contributed by atoms with E-state index < -0.39 is 18.1 Å². The lowest BCUT2D eigenvalue weighted by molar-refractivity contribution is -0.137. The van der Waals surface area contributed by atoms with Gasteiger partial charge >= 0.3 is 5.97 Å². The molecule has 0 radical (unpaired) electrons. The van der Waals surface area contributed by atoms with Crippen molar-refractivity contribution in [1.82, 2.24) is 14.8 Å². The van der Waals surface area contributed by atoms with Crippen LogP contribution in [0.3, 0.4) is 0 Å². The number of carboxylic acids is 1. The van der Waals surface area contributed by atoms with Gasteiger partial charge in [-0.25, -0.2) is 0 Å². The van der Waals surface area contributed by atoms with Gasteiger partial charge in [-0.3, -0.25) is 14.4 Å². The number of carbonyl (C=O) groups is 2. The van der Waals surface area contributed by atoms with E-state index in [1.165, 1.54) is 10.6 Å². The molecule has 2 N–H and O–H groups in total. The normalized spacial score (nSPS) is 12.8. The van der Waals surface area contributed by atoms with E-state index in [0.29, 0.717) is 24.9 Å². The lowest BCUT2D eigenvalue weighted by atomic mass is 9.92. The molecule has 1 aromatic heterocycles. The molecule has 1 amide bonds. The van der Waals surface area contributed by atoms with Crippen molar-refractivity contribution in [1.29, 1.82) is 0 Å². The monoisotopic (exact) mass is 503 g/mol. The Morgan fingerprint density at radius 1 is 1.03 bits per heavy atom. The number of aryl methyl sites for hydroxylation is 2. The standard InChI is InChI=1S/C30H37N3O4/c1-6-9-26(33-19-22(18-32(4)5)14-15-27(33)34)30(37)31-25(17-28(35)36)23-12-8-13-24(16-23)29-20(2)10-7-11-21(29)3/h7-8,10-16,19,25-26H,6,9,17-18H2,1-5H3,(H,31,37)(H,35,36)/t25-,26?/m0/s1. The van der Waals surface area contributed by atoms with Crippen LogP contribution in [0, 0.1) is 13.8 Å². The lowest BCUT2D eigenvalue weighted by Crippen LogP contribution is -2.39. The minimum Gasteiger partial charge on any atom is -0.481 e. The summed E-state index contributed by atoms with van der Waals surface area (Å²) in [7, 11) is 3.88. The van der Waals surface area contributed by atoms with Crippen molar-refractivity contribution in [2.45, 2.75) is 58.7 Å². The Kier molecular flexibility index (Phi) is 9.42. The number of nitrogens with one attached hydrogen (secondary N) is 1. The maximum absolute atomic E-state index is 13.6. The number of hydrogen-bond acceptors (Lipinski definition) is 4. The van der Waals surface area contributed by atoms with E-state index >= 15 is 0 Å². The molecule has 196 valence electrons. The van der Waals surface area contributed by atoms with E-state index in [4.69, 9.17) is 0 Å². The molecule has 1 unspecified atom stereocenters. The third-order valence-electron chi connectivity index (χ3n) is 6.45. The van der Waals surface area contributed by atoms with Gasteiger partial charge in [0, 0.05) is 18.8 Å². The molecule has 0 saturated heterocycles. The Morgan fingerprint density at radius 2 is 1.70 bits per heavy atom. The average Bonchev–Trinajstić information content (AvgIpc) is 2.83. The number of hydrogen-bond donors (Lipinski definition) is 2. The van der Waals surface area contributed by atoms with Crippen LogP contribution in [0.4, 0.5) is 0 Å². The molecule has 0 bridgehead atoms. The fraction of sp³-hybridized carbons (Fsp3) is 0.367. The third kappa shape index (κ3) is 7.17. The first kappa shape index (κ1) is 27.9. The number of aromatic nitrogens is 1. The first-order chi connectivity index (χ1) is 17.6. The smallest absolute Gasteiger partial charge is 0.305 e. The molecule has 0 aliphatic carbocycles. The molecule has 0 aliphatic rings. The lowest BCUT2D eigenvalue weighted by Gasteiger charge is -2.24. The van der Waals surface area contributed by atoms with Gasteiger partial charge in [0.1, 0.15) is 6.04 Å². The minimum atomic E-state index is -1.01. The van der Waals surface area contributed by atoms with E-state index in [-0.39, 0.29) is 17.9 Å². The Bertz CT molecular complexity index is 1290. The number of pyridine rings is 1. The van der Waals surface area contributed by atoms with Gasteiger partial charge in [0.2, 0.25) is 5.91 Å². The Hall–Kier alpha value is -3.71. The van der Waals surface area contributed by atoms with Gasteiger partial charge in [-0.05, 0) is 73.8 Å². The molecule has 0 fully saturated rings. The van der Waals surface area contributed by atoms with Crippen LogP contribution in [0.2, 0.25) is 0 Å². The largest absolute Gasteiger partial charge is 0.481 e. The first-order valence-corrected chi connectivity index (χ1v) is 12.6. The summed E-state index contributed by atoms with van der Waals surface area (Å²) >= 11 is 0. The zero-order valence-electron chi connectivity index (χ0n) is 22.3. The number of nitrogens with zero attached hydrogens (tertiary/aromatic N) is 2. The molecule has 7 nitrogen and oxygen atoms in total. The van der Waals surface area contributed by atoms with Crippen molar-refractivity contribution in [3.63, 3.8) is 0 Å². The summed E-state index contributed by atoms with van der Waals surface area (Å²) in [5, 5.41) is 12.6. The second-order valence-electron chi connectivity index (χ2n) is 9.88. The SMILES string of the molecule is CCCC(C(=O)N[C@@H](CC(=O)O)c1cccc(-c2c(C)cccc2C)c1)n1cc(CN(C)C)ccc1=O. The first-order valence-electron chi connectivity index (χ1n) is 12.6. The maximum atomic E-state index is 13.6. The van der Waals surface area contributed by atoms with Crippen molar-refractivity contribution < 1.29 is 14.7 Å². The van der Waals surface area contributed by atoms with Crippen molar-refractivity contribution in [2.24, 2.45) is 0 Å². The highest BCUT2D eigenvalue weighted by molar-refractivity contribution is 5.82. The van der Waals surface area contributed by atoms with Gasteiger partial charge in [0.25, 0.3) is 5.56 Å². The Labute approximate surface area is 218 Å². The fourth-order valence-corrected chi connectivity index (χ4v) is 4.80. The van der Waals surface area contributed by atoms with Crippen LogP contribution >= 0.6 is 0 Å². The molecule has 0 spiro atoms. The van der Waals surface area contributed by atoms with Crippen LogP contribution in [0.1, 0.15) is 60.5 Å². The summed E-state index contributed by atoms with van der Waals surface area (Å²) in [6, 6.07) is 15.5. The van der Waals surface area contributed by atoms with Crippen molar-refractivity contribution in [3.05, 3.63) is 93.4 Å². The van der Waals surface area contributed by atoms with Crippen molar-refractivity contribution in [2.75, 3.05) is 14.1 Å². The van der Waals surface area contributed by atoms with Gasteiger partial charge < -0.3 is 19.9 Å². The molecule has 2 aromatic carbocycles. The van der Waals surface area contributed by atoms with Gasteiger partial charge in [-0.2, -0.15) is 0 Å². The average molecular weight is 504 g/mol. The Balaban J connectivity index is 1.97. The zero-order chi connectivity index (χ0) is 27.1. The number of amides is 1. The molecule has 37 heavy (non-hydrogen) atoms.